The summed E-state index contributed by atoms with van der Waals surface area (Å²) in [4.78, 5) is 22.1. The Morgan fingerprint density at radius 2 is 2.28 bits per heavy atom. The largest absolute Gasteiger partial charge is 0.432 e. The molecular weight excluding hydrogens is 372 g/mol. The van der Waals surface area contributed by atoms with Crippen LogP contribution in [0.4, 0.5) is 0 Å². The topological polar surface area (TPSA) is 137 Å². The van der Waals surface area contributed by atoms with Gasteiger partial charge in [0.05, 0.1) is 30.4 Å². The summed E-state index contributed by atoms with van der Waals surface area (Å²) in [6, 6.07) is 8.63. The quantitative estimate of drug-likeness (QED) is 0.643. The zero-order valence-electron chi connectivity index (χ0n) is 15.3. The molecule has 10 nitrogen and oxygen atoms in total. The molecule has 0 spiro atoms. The van der Waals surface area contributed by atoms with Crippen molar-refractivity contribution in [2.75, 3.05) is 6.54 Å². The van der Waals surface area contributed by atoms with Crippen LogP contribution in [0.2, 0.25) is 0 Å². The molecule has 4 rings (SSSR count). The summed E-state index contributed by atoms with van der Waals surface area (Å²) < 4.78 is 7.23. The summed E-state index contributed by atoms with van der Waals surface area (Å²) in [7, 11) is 0. The van der Waals surface area contributed by atoms with Crippen LogP contribution >= 0.6 is 0 Å². The van der Waals surface area contributed by atoms with E-state index in [1.807, 2.05) is 0 Å². The number of aromatic nitrogens is 4. The SMILES string of the molecule is N#Cc1cccc(-c2cnc(C(=O)N[C@@H]3C[C@@H](Cn4cncn4)N(C#N)C3)o2)c1. The molecule has 1 aromatic carbocycles. The van der Waals surface area contributed by atoms with Gasteiger partial charge in [0.1, 0.15) is 12.7 Å². The van der Waals surface area contributed by atoms with Crippen molar-refractivity contribution >= 4 is 5.91 Å². The summed E-state index contributed by atoms with van der Waals surface area (Å²) >= 11 is 0. The fraction of sp³-hybridized carbons (Fsp3) is 0.263. The molecule has 0 unspecified atom stereocenters. The second-order valence-electron chi connectivity index (χ2n) is 6.65. The van der Waals surface area contributed by atoms with Gasteiger partial charge in [0.2, 0.25) is 0 Å². The van der Waals surface area contributed by atoms with Crippen molar-refractivity contribution in [1.29, 1.82) is 10.5 Å². The van der Waals surface area contributed by atoms with E-state index in [0.717, 1.165) is 0 Å². The van der Waals surface area contributed by atoms with Gasteiger partial charge in [0.25, 0.3) is 5.89 Å². The second-order valence-corrected chi connectivity index (χ2v) is 6.65. The third-order valence-corrected chi connectivity index (χ3v) is 4.72. The van der Waals surface area contributed by atoms with Crippen LogP contribution in [0.5, 0.6) is 0 Å². The van der Waals surface area contributed by atoms with Crippen LogP contribution in [-0.2, 0) is 6.54 Å². The number of oxazole rings is 1. The Labute approximate surface area is 166 Å². The maximum atomic E-state index is 12.5. The van der Waals surface area contributed by atoms with Crippen molar-refractivity contribution in [2.24, 2.45) is 0 Å². The molecule has 1 fully saturated rings. The molecule has 1 aliphatic rings. The van der Waals surface area contributed by atoms with Crippen LogP contribution in [0.25, 0.3) is 11.3 Å². The number of nitriles is 2. The number of amides is 1. The molecule has 2 atom stereocenters. The number of rotatable bonds is 5. The maximum absolute atomic E-state index is 12.5. The van der Waals surface area contributed by atoms with Gasteiger partial charge in [-0.2, -0.15) is 15.6 Å². The number of nitrogens with one attached hydrogen (secondary N) is 1. The Morgan fingerprint density at radius 1 is 1.38 bits per heavy atom. The Morgan fingerprint density at radius 3 is 3.03 bits per heavy atom. The molecule has 2 aromatic heterocycles. The van der Waals surface area contributed by atoms with Gasteiger partial charge in [-0.15, -0.1) is 0 Å². The molecule has 3 heterocycles. The van der Waals surface area contributed by atoms with Gasteiger partial charge in [0.15, 0.2) is 12.0 Å². The first-order valence-corrected chi connectivity index (χ1v) is 8.92. The minimum atomic E-state index is -0.447. The van der Waals surface area contributed by atoms with Gasteiger partial charge >= 0.3 is 5.91 Å². The number of benzene rings is 1. The van der Waals surface area contributed by atoms with E-state index >= 15 is 0 Å². The predicted octanol–water partition coefficient (Wildman–Crippen LogP) is 1.16. The second kappa shape index (κ2) is 7.82. The molecule has 10 heteroatoms. The van der Waals surface area contributed by atoms with Crippen LogP contribution in [0.15, 0.2) is 47.5 Å². The van der Waals surface area contributed by atoms with Gasteiger partial charge in [-0.1, -0.05) is 12.1 Å². The third-order valence-electron chi connectivity index (χ3n) is 4.72. The minimum Gasteiger partial charge on any atom is -0.432 e. The van der Waals surface area contributed by atoms with E-state index < -0.39 is 5.91 Å². The van der Waals surface area contributed by atoms with Crippen molar-refractivity contribution < 1.29 is 9.21 Å². The lowest BCUT2D eigenvalue weighted by atomic mass is 10.1. The van der Waals surface area contributed by atoms with Crippen molar-refractivity contribution in [3.05, 3.63) is 54.6 Å². The van der Waals surface area contributed by atoms with E-state index in [1.165, 1.54) is 12.5 Å². The Hall–Kier alpha value is -4.18. The third kappa shape index (κ3) is 3.92. The number of nitrogens with zero attached hydrogens (tertiary/aromatic N) is 7. The lowest BCUT2D eigenvalue weighted by Gasteiger charge is -2.16. The fourth-order valence-electron chi connectivity index (χ4n) is 3.36. The Kier molecular flexibility index (Phi) is 4.91. The van der Waals surface area contributed by atoms with E-state index in [0.29, 0.717) is 36.4 Å². The van der Waals surface area contributed by atoms with Gasteiger partial charge in [-0.3, -0.25) is 9.48 Å². The Balaban J connectivity index is 1.41. The van der Waals surface area contributed by atoms with Gasteiger partial charge < -0.3 is 14.6 Å². The van der Waals surface area contributed by atoms with Crippen LogP contribution in [-0.4, -0.2) is 49.2 Å². The summed E-state index contributed by atoms with van der Waals surface area (Å²) in [5.74, 6) is -0.107. The molecule has 1 saturated heterocycles. The molecule has 29 heavy (non-hydrogen) atoms. The molecule has 0 radical (unpaired) electrons. The fourth-order valence-corrected chi connectivity index (χ4v) is 3.36. The predicted molar refractivity (Wildman–Crippen MR) is 98.7 cm³/mol. The number of likely N-dealkylation sites (tertiary alicyclic amines) is 1. The van der Waals surface area contributed by atoms with Gasteiger partial charge in [0, 0.05) is 18.2 Å². The highest BCUT2D eigenvalue weighted by Crippen LogP contribution is 2.22. The van der Waals surface area contributed by atoms with Crippen molar-refractivity contribution in [2.45, 2.75) is 25.0 Å². The number of hydrogen-bond donors (Lipinski definition) is 1. The first-order valence-electron chi connectivity index (χ1n) is 8.92. The van der Waals surface area contributed by atoms with Crippen LogP contribution < -0.4 is 5.32 Å². The molecule has 0 saturated carbocycles. The summed E-state index contributed by atoms with van der Waals surface area (Å²) in [6.07, 6.45) is 7.24. The van der Waals surface area contributed by atoms with Crippen LogP contribution in [0.3, 0.4) is 0 Å². The van der Waals surface area contributed by atoms with Crippen molar-refractivity contribution in [3.8, 4) is 23.6 Å². The summed E-state index contributed by atoms with van der Waals surface area (Å²) in [5.41, 5.74) is 1.16. The number of carbonyl (C=O) groups is 1. The summed E-state index contributed by atoms with van der Waals surface area (Å²) in [6.45, 7) is 0.914. The smallest absolute Gasteiger partial charge is 0.307 e. The minimum absolute atomic E-state index is 0.0643. The zero-order chi connectivity index (χ0) is 20.2. The lowest BCUT2D eigenvalue weighted by Crippen LogP contribution is -2.36. The summed E-state index contributed by atoms with van der Waals surface area (Å²) in [5, 5.41) is 25.3. The zero-order valence-corrected chi connectivity index (χ0v) is 15.3. The number of hydrogen-bond acceptors (Lipinski definition) is 8. The monoisotopic (exact) mass is 388 g/mol. The van der Waals surface area contributed by atoms with E-state index in [2.05, 4.69) is 32.6 Å². The van der Waals surface area contributed by atoms with E-state index in [4.69, 9.17) is 9.68 Å². The lowest BCUT2D eigenvalue weighted by molar-refractivity contribution is 0.0904. The first kappa shape index (κ1) is 18.2. The average Bonchev–Trinajstić information content (AvgIpc) is 3.49. The van der Waals surface area contributed by atoms with E-state index in [1.54, 1.807) is 40.2 Å². The maximum Gasteiger partial charge on any atom is 0.307 e. The van der Waals surface area contributed by atoms with E-state index in [-0.39, 0.29) is 18.0 Å². The average molecular weight is 388 g/mol. The first-order chi connectivity index (χ1) is 14.2. The molecule has 0 aliphatic carbocycles. The van der Waals surface area contributed by atoms with Crippen LogP contribution in [0.1, 0.15) is 22.7 Å². The standard InChI is InChI=1S/C19H16N8O2/c20-6-13-2-1-3-14(4-13)17-7-23-19(29-17)18(28)25-15-5-16(26(8-15)10-21)9-27-12-22-11-24-27/h1-4,7,11-12,15-16H,5,8-9H2,(H,25,28)/t15-,16+/m1/s1. The normalized spacial score (nSPS) is 18.2. The highest BCUT2D eigenvalue weighted by molar-refractivity contribution is 5.90. The van der Waals surface area contributed by atoms with Gasteiger partial charge in [-0.25, -0.2) is 9.97 Å². The molecule has 144 valence electrons. The highest BCUT2D eigenvalue weighted by atomic mass is 16.4. The molecule has 1 amide bonds. The molecule has 3 aromatic rings. The number of carbonyl (C=O) groups excluding carboxylic acids is 1. The van der Waals surface area contributed by atoms with Crippen molar-refractivity contribution in [1.82, 2.24) is 30.0 Å². The molecule has 1 aliphatic heterocycles. The molecular formula is C19H16N8O2. The van der Waals surface area contributed by atoms with Crippen LogP contribution in [0, 0.1) is 22.8 Å². The van der Waals surface area contributed by atoms with Gasteiger partial charge in [-0.05, 0) is 18.6 Å². The van der Waals surface area contributed by atoms with Crippen molar-refractivity contribution in [3.63, 3.8) is 0 Å². The molecule has 1 N–H and O–H groups in total. The Bertz CT molecular complexity index is 1090. The van der Waals surface area contributed by atoms with E-state index in [9.17, 15) is 10.1 Å². The highest BCUT2D eigenvalue weighted by Gasteiger charge is 2.33. The molecule has 0 bridgehead atoms.